The van der Waals surface area contributed by atoms with E-state index in [4.69, 9.17) is 12.2 Å². The van der Waals surface area contributed by atoms with Crippen LogP contribution >= 0.6 is 12.2 Å². The highest BCUT2D eigenvalue weighted by Gasteiger charge is 2.08. The van der Waals surface area contributed by atoms with Gasteiger partial charge >= 0.3 is 0 Å². The molecule has 0 saturated carbocycles. The quantitative estimate of drug-likeness (QED) is 0.529. The van der Waals surface area contributed by atoms with Gasteiger partial charge in [-0.3, -0.25) is 10.1 Å². The SMILES string of the molecule is O=[N+]([O-])c1ccc(C(=S)Nc2ccccc2F)cc1. The number of nitrogens with one attached hydrogen (secondary N) is 1. The molecule has 19 heavy (non-hydrogen) atoms. The first kappa shape index (κ1) is 13.1. The lowest BCUT2D eigenvalue weighted by atomic mass is 10.2. The number of thiocarbonyl (C=S) groups is 1. The van der Waals surface area contributed by atoms with Crippen LogP contribution in [0.15, 0.2) is 48.5 Å². The average molecular weight is 276 g/mol. The highest BCUT2D eigenvalue weighted by Crippen LogP contribution is 2.16. The van der Waals surface area contributed by atoms with Crippen molar-refractivity contribution in [2.24, 2.45) is 0 Å². The normalized spacial score (nSPS) is 9.95. The van der Waals surface area contributed by atoms with Gasteiger partial charge in [0, 0.05) is 17.7 Å². The number of para-hydroxylation sites is 1. The Kier molecular flexibility index (Phi) is 3.82. The highest BCUT2D eigenvalue weighted by molar-refractivity contribution is 7.81. The summed E-state index contributed by atoms with van der Waals surface area (Å²) in [6, 6.07) is 11.9. The Morgan fingerprint density at radius 1 is 1.16 bits per heavy atom. The Labute approximate surface area is 114 Å². The summed E-state index contributed by atoms with van der Waals surface area (Å²) < 4.78 is 13.4. The van der Waals surface area contributed by atoms with Crippen LogP contribution in [-0.4, -0.2) is 9.91 Å². The molecular formula is C13H9FN2O2S. The molecule has 0 spiro atoms. The van der Waals surface area contributed by atoms with Crippen molar-refractivity contribution >= 4 is 28.6 Å². The number of benzene rings is 2. The summed E-state index contributed by atoms with van der Waals surface area (Å²) in [4.78, 5) is 10.3. The molecule has 4 nitrogen and oxygen atoms in total. The lowest BCUT2D eigenvalue weighted by Crippen LogP contribution is -2.11. The zero-order valence-electron chi connectivity index (χ0n) is 9.67. The first-order valence-corrected chi connectivity index (χ1v) is 5.79. The lowest BCUT2D eigenvalue weighted by Gasteiger charge is -2.08. The third-order valence-corrected chi connectivity index (χ3v) is 2.80. The van der Waals surface area contributed by atoms with Crippen molar-refractivity contribution in [2.45, 2.75) is 0 Å². The molecule has 0 aliphatic heterocycles. The minimum Gasteiger partial charge on any atom is -0.344 e. The van der Waals surface area contributed by atoms with Crippen molar-refractivity contribution < 1.29 is 9.31 Å². The van der Waals surface area contributed by atoms with Gasteiger partial charge in [-0.2, -0.15) is 0 Å². The molecule has 2 rings (SSSR count). The third kappa shape index (κ3) is 3.11. The first-order valence-electron chi connectivity index (χ1n) is 5.38. The van der Waals surface area contributed by atoms with Crippen LogP contribution in [0.1, 0.15) is 5.56 Å². The van der Waals surface area contributed by atoms with Gasteiger partial charge in [-0.1, -0.05) is 24.4 Å². The Bertz CT molecular complexity index is 629. The minimum atomic E-state index is -0.489. The summed E-state index contributed by atoms with van der Waals surface area (Å²) >= 11 is 5.12. The van der Waals surface area contributed by atoms with E-state index < -0.39 is 10.7 Å². The largest absolute Gasteiger partial charge is 0.344 e. The molecule has 0 aliphatic carbocycles. The van der Waals surface area contributed by atoms with Crippen LogP contribution in [0.4, 0.5) is 15.8 Å². The maximum absolute atomic E-state index is 13.4. The summed E-state index contributed by atoms with van der Waals surface area (Å²) in [6.07, 6.45) is 0. The van der Waals surface area contributed by atoms with Crippen molar-refractivity contribution in [1.29, 1.82) is 0 Å². The van der Waals surface area contributed by atoms with Gasteiger partial charge in [-0.25, -0.2) is 4.39 Å². The molecule has 0 heterocycles. The number of hydrogen-bond acceptors (Lipinski definition) is 3. The van der Waals surface area contributed by atoms with Gasteiger partial charge in [0.2, 0.25) is 0 Å². The summed E-state index contributed by atoms with van der Waals surface area (Å²) in [5, 5.41) is 13.3. The van der Waals surface area contributed by atoms with Crippen LogP contribution in [0, 0.1) is 15.9 Å². The van der Waals surface area contributed by atoms with E-state index >= 15 is 0 Å². The van der Waals surface area contributed by atoms with Gasteiger partial charge in [0.25, 0.3) is 5.69 Å². The number of rotatable bonds is 3. The van der Waals surface area contributed by atoms with Gasteiger partial charge in [0.15, 0.2) is 0 Å². The Morgan fingerprint density at radius 2 is 1.79 bits per heavy atom. The van der Waals surface area contributed by atoms with Gasteiger partial charge in [0.1, 0.15) is 10.8 Å². The van der Waals surface area contributed by atoms with E-state index in [-0.39, 0.29) is 11.4 Å². The molecule has 0 radical (unpaired) electrons. The van der Waals surface area contributed by atoms with Crippen molar-refractivity contribution in [2.75, 3.05) is 5.32 Å². The Balaban J connectivity index is 2.16. The molecule has 0 atom stereocenters. The Hall–Kier alpha value is -2.34. The van der Waals surface area contributed by atoms with E-state index in [1.807, 2.05) is 0 Å². The fourth-order valence-corrected chi connectivity index (χ4v) is 1.74. The standard InChI is InChI=1S/C13H9FN2O2S/c14-11-3-1-2-4-12(11)15-13(19)9-5-7-10(8-6-9)16(17)18/h1-8H,(H,15,19). The molecule has 0 unspecified atom stereocenters. The number of nitrogens with zero attached hydrogens (tertiary/aromatic N) is 1. The summed E-state index contributed by atoms with van der Waals surface area (Å²) in [5.41, 5.74) is 0.840. The summed E-state index contributed by atoms with van der Waals surface area (Å²) in [7, 11) is 0. The van der Waals surface area contributed by atoms with Crippen molar-refractivity contribution in [3.05, 3.63) is 70.0 Å². The van der Waals surface area contributed by atoms with Crippen LogP contribution in [0.5, 0.6) is 0 Å². The second-order valence-corrected chi connectivity index (χ2v) is 4.15. The number of nitro groups is 1. The molecule has 0 amide bonds. The van der Waals surface area contributed by atoms with Crippen LogP contribution in [0.25, 0.3) is 0 Å². The molecular weight excluding hydrogens is 267 g/mol. The fourth-order valence-electron chi connectivity index (χ4n) is 1.49. The second-order valence-electron chi connectivity index (χ2n) is 3.74. The van der Waals surface area contributed by atoms with E-state index in [1.165, 1.54) is 30.3 Å². The zero-order chi connectivity index (χ0) is 13.8. The average Bonchev–Trinajstić information content (AvgIpc) is 2.41. The second kappa shape index (κ2) is 5.53. The molecule has 0 aliphatic rings. The van der Waals surface area contributed by atoms with Crippen molar-refractivity contribution in [1.82, 2.24) is 0 Å². The minimum absolute atomic E-state index is 0.0163. The van der Waals surface area contributed by atoms with Crippen LogP contribution in [-0.2, 0) is 0 Å². The van der Waals surface area contributed by atoms with E-state index in [1.54, 1.807) is 18.2 Å². The number of non-ortho nitro benzene ring substituents is 1. The number of halogens is 1. The maximum Gasteiger partial charge on any atom is 0.269 e. The van der Waals surface area contributed by atoms with Gasteiger partial charge in [0.05, 0.1) is 10.6 Å². The maximum atomic E-state index is 13.4. The first-order chi connectivity index (χ1) is 9.08. The van der Waals surface area contributed by atoms with E-state index in [0.29, 0.717) is 10.6 Å². The Morgan fingerprint density at radius 3 is 2.37 bits per heavy atom. The zero-order valence-corrected chi connectivity index (χ0v) is 10.5. The van der Waals surface area contributed by atoms with Crippen LogP contribution < -0.4 is 5.32 Å². The van der Waals surface area contributed by atoms with E-state index in [2.05, 4.69) is 5.32 Å². The van der Waals surface area contributed by atoms with E-state index in [9.17, 15) is 14.5 Å². The number of hydrogen-bond donors (Lipinski definition) is 1. The van der Waals surface area contributed by atoms with Gasteiger partial charge < -0.3 is 5.32 Å². The molecule has 0 aromatic heterocycles. The smallest absolute Gasteiger partial charge is 0.269 e. The topological polar surface area (TPSA) is 55.2 Å². The molecule has 0 bridgehead atoms. The monoisotopic (exact) mass is 276 g/mol. The number of anilines is 1. The molecule has 96 valence electrons. The number of nitro benzene ring substituents is 1. The molecule has 6 heteroatoms. The molecule has 1 N–H and O–H groups in total. The van der Waals surface area contributed by atoms with E-state index in [0.717, 1.165) is 0 Å². The van der Waals surface area contributed by atoms with Crippen molar-refractivity contribution in [3.8, 4) is 0 Å². The third-order valence-electron chi connectivity index (χ3n) is 2.46. The molecule has 0 fully saturated rings. The lowest BCUT2D eigenvalue weighted by molar-refractivity contribution is -0.384. The molecule has 2 aromatic carbocycles. The van der Waals surface area contributed by atoms with Crippen LogP contribution in [0.2, 0.25) is 0 Å². The predicted molar refractivity (Wildman–Crippen MR) is 74.8 cm³/mol. The van der Waals surface area contributed by atoms with Crippen molar-refractivity contribution in [3.63, 3.8) is 0 Å². The molecule has 2 aromatic rings. The fraction of sp³-hybridized carbons (Fsp3) is 0. The summed E-state index contributed by atoms with van der Waals surface area (Å²) in [5.74, 6) is -0.410. The van der Waals surface area contributed by atoms with Gasteiger partial charge in [-0.15, -0.1) is 0 Å². The molecule has 0 saturated heterocycles. The predicted octanol–water partition coefficient (Wildman–Crippen LogP) is 3.52. The summed E-state index contributed by atoms with van der Waals surface area (Å²) in [6.45, 7) is 0. The highest BCUT2D eigenvalue weighted by atomic mass is 32.1. The van der Waals surface area contributed by atoms with Gasteiger partial charge in [-0.05, 0) is 24.3 Å². The van der Waals surface area contributed by atoms with Crippen LogP contribution in [0.3, 0.4) is 0 Å².